The van der Waals surface area contributed by atoms with E-state index >= 15 is 0 Å². The summed E-state index contributed by atoms with van der Waals surface area (Å²) in [6, 6.07) is 10.7. The first kappa shape index (κ1) is 15.6. The molecule has 0 saturated carbocycles. The minimum atomic E-state index is 0.0545. The van der Waals surface area contributed by atoms with Gasteiger partial charge in [0.25, 0.3) is 0 Å². The normalized spacial score (nSPS) is 18.4. The van der Waals surface area contributed by atoms with E-state index in [0.717, 1.165) is 38.9 Å². The summed E-state index contributed by atoms with van der Waals surface area (Å²) in [7, 11) is 0. The number of urea groups is 1. The zero-order chi connectivity index (χ0) is 15.9. The molecule has 5 nitrogen and oxygen atoms in total. The summed E-state index contributed by atoms with van der Waals surface area (Å²) in [6.07, 6.45) is 8.68. The fourth-order valence-corrected chi connectivity index (χ4v) is 3.18. The molecular formula is C18H24N4O. The van der Waals surface area contributed by atoms with E-state index in [0.29, 0.717) is 12.5 Å². The second-order valence-corrected chi connectivity index (χ2v) is 6.06. The van der Waals surface area contributed by atoms with Crippen LogP contribution in [-0.4, -0.2) is 40.1 Å². The largest absolute Gasteiger partial charge is 0.336 e. The quantitative estimate of drug-likeness (QED) is 0.944. The smallest absolute Gasteiger partial charge is 0.317 e. The van der Waals surface area contributed by atoms with Crippen molar-refractivity contribution in [2.24, 2.45) is 0 Å². The molecule has 0 unspecified atom stereocenters. The highest BCUT2D eigenvalue weighted by Crippen LogP contribution is 2.27. The molecule has 0 spiro atoms. The Labute approximate surface area is 137 Å². The van der Waals surface area contributed by atoms with Gasteiger partial charge < -0.3 is 14.8 Å². The molecule has 5 heteroatoms. The lowest BCUT2D eigenvalue weighted by Crippen LogP contribution is -2.41. The Morgan fingerprint density at radius 2 is 2.09 bits per heavy atom. The molecule has 1 aromatic carbocycles. The molecule has 122 valence electrons. The van der Waals surface area contributed by atoms with Crippen molar-refractivity contribution < 1.29 is 4.79 Å². The van der Waals surface area contributed by atoms with Crippen molar-refractivity contribution in [1.82, 2.24) is 19.8 Å². The average Bonchev–Trinajstić information content (AvgIpc) is 2.97. The first-order valence-electron chi connectivity index (χ1n) is 8.36. The lowest BCUT2D eigenvalue weighted by molar-refractivity contribution is 0.199. The van der Waals surface area contributed by atoms with Crippen LogP contribution in [0.1, 0.15) is 30.7 Å². The maximum atomic E-state index is 12.3. The zero-order valence-corrected chi connectivity index (χ0v) is 13.4. The van der Waals surface area contributed by atoms with Gasteiger partial charge in [0.15, 0.2) is 0 Å². The molecule has 1 fully saturated rings. The first-order valence-corrected chi connectivity index (χ1v) is 8.36. The number of amides is 2. The standard InChI is InChI=1S/C18H24N4O/c23-18(20-10-14-21-13-9-19-15-21)22-11-4-7-17(8-12-22)16-5-2-1-3-6-16/h1-3,5-6,9,13,15,17H,4,7-8,10-12,14H2,(H,20,23)/t17-/m1/s1. The van der Waals surface area contributed by atoms with Crippen LogP contribution in [0, 0.1) is 0 Å². The minimum absolute atomic E-state index is 0.0545. The molecule has 2 aromatic rings. The van der Waals surface area contributed by atoms with Crippen LogP contribution in [-0.2, 0) is 6.54 Å². The van der Waals surface area contributed by atoms with Gasteiger partial charge in [-0.05, 0) is 30.7 Å². The fraction of sp³-hybridized carbons (Fsp3) is 0.444. The number of likely N-dealkylation sites (tertiary alicyclic amines) is 1. The van der Waals surface area contributed by atoms with E-state index in [4.69, 9.17) is 0 Å². The molecule has 3 rings (SSSR count). The summed E-state index contributed by atoms with van der Waals surface area (Å²) in [5, 5.41) is 3.01. The summed E-state index contributed by atoms with van der Waals surface area (Å²) in [5.41, 5.74) is 1.40. The van der Waals surface area contributed by atoms with E-state index in [1.807, 2.05) is 15.7 Å². The molecule has 0 bridgehead atoms. The van der Waals surface area contributed by atoms with Crippen LogP contribution in [0.25, 0.3) is 0 Å². The van der Waals surface area contributed by atoms with E-state index in [2.05, 4.69) is 40.6 Å². The molecule has 1 aromatic heterocycles. The highest BCUT2D eigenvalue weighted by Gasteiger charge is 2.21. The molecule has 2 amide bonds. The average molecular weight is 312 g/mol. The predicted molar refractivity (Wildman–Crippen MR) is 90.2 cm³/mol. The van der Waals surface area contributed by atoms with Crippen LogP contribution in [0.4, 0.5) is 4.79 Å². The van der Waals surface area contributed by atoms with Crippen LogP contribution in [0.2, 0.25) is 0 Å². The Morgan fingerprint density at radius 1 is 1.22 bits per heavy atom. The Kier molecular flexibility index (Phi) is 5.29. The number of carbonyl (C=O) groups is 1. The number of hydrogen-bond donors (Lipinski definition) is 1. The lowest BCUT2D eigenvalue weighted by atomic mass is 9.92. The fourth-order valence-electron chi connectivity index (χ4n) is 3.18. The van der Waals surface area contributed by atoms with E-state index in [1.54, 1.807) is 12.5 Å². The summed E-state index contributed by atoms with van der Waals surface area (Å²) in [4.78, 5) is 18.3. The van der Waals surface area contributed by atoms with E-state index in [1.165, 1.54) is 5.56 Å². The topological polar surface area (TPSA) is 50.2 Å². The Morgan fingerprint density at radius 3 is 2.87 bits per heavy atom. The minimum Gasteiger partial charge on any atom is -0.336 e. The molecule has 1 aliphatic rings. The van der Waals surface area contributed by atoms with Gasteiger partial charge in [0, 0.05) is 38.6 Å². The second kappa shape index (κ2) is 7.81. The number of rotatable bonds is 4. The van der Waals surface area contributed by atoms with Crippen LogP contribution < -0.4 is 5.32 Å². The van der Waals surface area contributed by atoms with E-state index in [-0.39, 0.29) is 6.03 Å². The number of carbonyl (C=O) groups excluding carboxylic acids is 1. The van der Waals surface area contributed by atoms with Gasteiger partial charge in [0.05, 0.1) is 6.33 Å². The zero-order valence-electron chi connectivity index (χ0n) is 13.4. The van der Waals surface area contributed by atoms with E-state index < -0.39 is 0 Å². The predicted octanol–water partition coefficient (Wildman–Crippen LogP) is 2.86. The maximum absolute atomic E-state index is 12.3. The Hall–Kier alpha value is -2.30. The van der Waals surface area contributed by atoms with Gasteiger partial charge in [0.1, 0.15) is 0 Å². The molecule has 1 atom stereocenters. The van der Waals surface area contributed by atoms with E-state index in [9.17, 15) is 4.79 Å². The highest BCUT2D eigenvalue weighted by molar-refractivity contribution is 5.74. The molecule has 0 aliphatic carbocycles. The van der Waals surface area contributed by atoms with Crippen molar-refractivity contribution in [1.29, 1.82) is 0 Å². The third-order valence-electron chi connectivity index (χ3n) is 4.49. The molecule has 0 radical (unpaired) electrons. The Bertz CT molecular complexity index is 597. The molecule has 1 N–H and O–H groups in total. The van der Waals surface area contributed by atoms with Gasteiger partial charge in [-0.15, -0.1) is 0 Å². The highest BCUT2D eigenvalue weighted by atomic mass is 16.2. The molecule has 2 heterocycles. The van der Waals surface area contributed by atoms with Crippen molar-refractivity contribution in [2.45, 2.75) is 31.7 Å². The number of benzene rings is 1. The van der Waals surface area contributed by atoms with Crippen LogP contribution in [0.5, 0.6) is 0 Å². The lowest BCUT2D eigenvalue weighted by Gasteiger charge is -2.21. The van der Waals surface area contributed by atoms with Crippen LogP contribution in [0.15, 0.2) is 49.1 Å². The van der Waals surface area contributed by atoms with Gasteiger partial charge in [-0.2, -0.15) is 0 Å². The monoisotopic (exact) mass is 312 g/mol. The summed E-state index contributed by atoms with van der Waals surface area (Å²) < 4.78 is 1.97. The third kappa shape index (κ3) is 4.34. The third-order valence-corrected chi connectivity index (χ3v) is 4.49. The second-order valence-electron chi connectivity index (χ2n) is 6.06. The van der Waals surface area contributed by atoms with Gasteiger partial charge in [-0.3, -0.25) is 0 Å². The van der Waals surface area contributed by atoms with Gasteiger partial charge in [-0.25, -0.2) is 9.78 Å². The van der Waals surface area contributed by atoms with Gasteiger partial charge in [0.2, 0.25) is 0 Å². The van der Waals surface area contributed by atoms with Crippen molar-refractivity contribution >= 4 is 6.03 Å². The maximum Gasteiger partial charge on any atom is 0.317 e. The summed E-state index contributed by atoms with van der Waals surface area (Å²) >= 11 is 0. The van der Waals surface area contributed by atoms with Gasteiger partial charge in [-0.1, -0.05) is 30.3 Å². The first-order chi connectivity index (χ1) is 11.3. The number of imidazole rings is 1. The SMILES string of the molecule is O=C(NCCn1ccnc1)N1CCC[C@@H](c2ccccc2)CC1. The van der Waals surface area contributed by atoms with Crippen molar-refractivity contribution in [2.75, 3.05) is 19.6 Å². The molecule has 1 aliphatic heterocycles. The molecular weight excluding hydrogens is 288 g/mol. The number of hydrogen-bond acceptors (Lipinski definition) is 2. The van der Waals surface area contributed by atoms with Crippen LogP contribution in [0.3, 0.4) is 0 Å². The number of aromatic nitrogens is 2. The number of nitrogens with zero attached hydrogens (tertiary/aromatic N) is 3. The van der Waals surface area contributed by atoms with Crippen molar-refractivity contribution in [3.63, 3.8) is 0 Å². The Balaban J connectivity index is 1.46. The molecule has 23 heavy (non-hydrogen) atoms. The summed E-state index contributed by atoms with van der Waals surface area (Å²) in [5.74, 6) is 0.569. The molecule has 1 saturated heterocycles. The van der Waals surface area contributed by atoms with Crippen molar-refractivity contribution in [3.05, 3.63) is 54.6 Å². The van der Waals surface area contributed by atoms with Gasteiger partial charge >= 0.3 is 6.03 Å². The van der Waals surface area contributed by atoms with Crippen LogP contribution >= 0.6 is 0 Å². The number of nitrogens with one attached hydrogen (secondary N) is 1. The summed E-state index contributed by atoms with van der Waals surface area (Å²) in [6.45, 7) is 3.07. The van der Waals surface area contributed by atoms with Crippen molar-refractivity contribution in [3.8, 4) is 0 Å².